The summed E-state index contributed by atoms with van der Waals surface area (Å²) in [6, 6.07) is 18.4. The van der Waals surface area contributed by atoms with E-state index in [2.05, 4.69) is 45.4 Å². The number of fused-ring (bicyclic) bond motifs is 1. The summed E-state index contributed by atoms with van der Waals surface area (Å²) in [6.07, 6.45) is 1.97. The van der Waals surface area contributed by atoms with Gasteiger partial charge in [-0.15, -0.1) is 11.3 Å². The zero-order valence-electron chi connectivity index (χ0n) is 13.3. The first-order valence-electron chi connectivity index (χ1n) is 7.73. The molecule has 1 aromatic carbocycles. The van der Waals surface area contributed by atoms with Crippen LogP contribution in [0.25, 0.3) is 16.2 Å². The Hall–Kier alpha value is -2.79. The molecule has 0 saturated heterocycles. The molecule has 0 aliphatic heterocycles. The van der Waals surface area contributed by atoms with Crippen molar-refractivity contribution in [1.82, 2.24) is 9.38 Å². The monoisotopic (exact) mass is 335 g/mol. The van der Waals surface area contributed by atoms with Crippen LogP contribution in [0.1, 0.15) is 5.56 Å². The van der Waals surface area contributed by atoms with Crippen molar-refractivity contribution in [3.8, 4) is 16.3 Å². The van der Waals surface area contributed by atoms with Gasteiger partial charge in [-0.3, -0.25) is 4.40 Å². The van der Waals surface area contributed by atoms with Crippen LogP contribution in [0.5, 0.6) is 5.75 Å². The fourth-order valence-corrected chi connectivity index (χ4v) is 3.40. The minimum Gasteiger partial charge on any atom is -0.495 e. The number of nitrogens with zero attached hydrogens (tertiary/aromatic N) is 2. The lowest BCUT2D eigenvalue weighted by Crippen LogP contribution is -2.03. The molecular weight excluding hydrogens is 318 g/mol. The molecule has 4 rings (SSSR count). The number of benzene rings is 1. The van der Waals surface area contributed by atoms with Gasteiger partial charge in [0, 0.05) is 6.54 Å². The number of hydrogen-bond acceptors (Lipinski definition) is 4. The number of nitrogens with one attached hydrogen (secondary N) is 1. The molecule has 0 aliphatic carbocycles. The van der Waals surface area contributed by atoms with E-state index in [9.17, 15) is 0 Å². The molecule has 0 bridgehead atoms. The summed E-state index contributed by atoms with van der Waals surface area (Å²) in [4.78, 5) is 5.94. The normalized spacial score (nSPS) is 10.9. The molecule has 3 aromatic heterocycles. The van der Waals surface area contributed by atoms with Crippen molar-refractivity contribution in [3.05, 3.63) is 71.7 Å². The summed E-state index contributed by atoms with van der Waals surface area (Å²) in [5.41, 5.74) is 3.09. The predicted molar refractivity (Wildman–Crippen MR) is 98.8 cm³/mol. The Kier molecular flexibility index (Phi) is 3.92. The fourth-order valence-electron chi connectivity index (χ4n) is 2.68. The second kappa shape index (κ2) is 6.37. The molecule has 0 amide bonds. The van der Waals surface area contributed by atoms with Gasteiger partial charge in [-0.25, -0.2) is 4.98 Å². The van der Waals surface area contributed by atoms with E-state index in [-0.39, 0.29) is 0 Å². The van der Waals surface area contributed by atoms with E-state index in [1.54, 1.807) is 18.4 Å². The SMILES string of the molecule is COc1ccc2nc(-c3cccs3)c(NCc3ccccc3)n2c1. The zero-order valence-corrected chi connectivity index (χ0v) is 14.1. The van der Waals surface area contributed by atoms with Crippen molar-refractivity contribution < 1.29 is 4.74 Å². The molecular formula is C19H17N3OS. The summed E-state index contributed by atoms with van der Waals surface area (Å²) in [5.74, 6) is 1.79. The second-order valence-electron chi connectivity index (χ2n) is 5.42. The van der Waals surface area contributed by atoms with Gasteiger partial charge in [0.1, 0.15) is 22.9 Å². The van der Waals surface area contributed by atoms with Gasteiger partial charge in [-0.05, 0) is 29.1 Å². The van der Waals surface area contributed by atoms with E-state index >= 15 is 0 Å². The number of rotatable bonds is 5. The molecule has 24 heavy (non-hydrogen) atoms. The highest BCUT2D eigenvalue weighted by Gasteiger charge is 2.15. The van der Waals surface area contributed by atoms with Crippen LogP contribution in [0.15, 0.2) is 66.2 Å². The van der Waals surface area contributed by atoms with Gasteiger partial charge in [-0.2, -0.15) is 0 Å². The van der Waals surface area contributed by atoms with Gasteiger partial charge in [-0.1, -0.05) is 36.4 Å². The second-order valence-corrected chi connectivity index (χ2v) is 6.37. The molecule has 5 heteroatoms. The molecule has 0 unspecified atom stereocenters. The lowest BCUT2D eigenvalue weighted by Gasteiger charge is -2.09. The van der Waals surface area contributed by atoms with Gasteiger partial charge in [0.15, 0.2) is 0 Å². The largest absolute Gasteiger partial charge is 0.495 e. The van der Waals surface area contributed by atoms with E-state index in [1.165, 1.54) is 5.56 Å². The van der Waals surface area contributed by atoms with E-state index in [4.69, 9.17) is 9.72 Å². The van der Waals surface area contributed by atoms with Gasteiger partial charge < -0.3 is 10.1 Å². The van der Waals surface area contributed by atoms with Gasteiger partial charge >= 0.3 is 0 Å². The van der Waals surface area contributed by atoms with Crippen LogP contribution >= 0.6 is 11.3 Å². The lowest BCUT2D eigenvalue weighted by molar-refractivity contribution is 0.412. The van der Waals surface area contributed by atoms with Crippen molar-refractivity contribution >= 4 is 22.8 Å². The third kappa shape index (κ3) is 2.74. The Morgan fingerprint density at radius 3 is 2.71 bits per heavy atom. The molecule has 120 valence electrons. The summed E-state index contributed by atoms with van der Waals surface area (Å²) >= 11 is 1.69. The Morgan fingerprint density at radius 1 is 1.08 bits per heavy atom. The maximum Gasteiger partial charge on any atom is 0.140 e. The van der Waals surface area contributed by atoms with E-state index in [0.717, 1.165) is 34.3 Å². The third-order valence-electron chi connectivity index (χ3n) is 3.88. The number of imidazole rings is 1. The first-order valence-corrected chi connectivity index (χ1v) is 8.61. The molecule has 0 fully saturated rings. The molecule has 3 heterocycles. The van der Waals surface area contributed by atoms with Crippen LogP contribution in [-0.4, -0.2) is 16.5 Å². The Morgan fingerprint density at radius 2 is 1.96 bits per heavy atom. The first-order chi connectivity index (χ1) is 11.8. The molecule has 4 aromatic rings. The zero-order chi connectivity index (χ0) is 16.4. The smallest absolute Gasteiger partial charge is 0.140 e. The van der Waals surface area contributed by atoms with E-state index in [1.807, 2.05) is 30.5 Å². The van der Waals surface area contributed by atoms with Crippen LogP contribution in [0, 0.1) is 0 Å². The minimum absolute atomic E-state index is 0.740. The first kappa shape index (κ1) is 14.8. The van der Waals surface area contributed by atoms with Crippen LogP contribution in [0.3, 0.4) is 0 Å². The van der Waals surface area contributed by atoms with Crippen LogP contribution < -0.4 is 10.1 Å². The molecule has 0 aliphatic rings. The van der Waals surface area contributed by atoms with E-state index < -0.39 is 0 Å². The average molecular weight is 335 g/mol. The van der Waals surface area contributed by atoms with Crippen LogP contribution in [-0.2, 0) is 6.54 Å². The third-order valence-corrected chi connectivity index (χ3v) is 4.76. The Bertz CT molecular complexity index is 946. The number of ether oxygens (including phenoxy) is 1. The van der Waals surface area contributed by atoms with Crippen molar-refractivity contribution in [2.45, 2.75) is 6.54 Å². The quantitative estimate of drug-likeness (QED) is 0.575. The molecule has 0 spiro atoms. The summed E-state index contributed by atoms with van der Waals surface area (Å²) in [6.45, 7) is 0.740. The molecule has 0 saturated carbocycles. The van der Waals surface area contributed by atoms with E-state index in [0.29, 0.717) is 0 Å². The molecule has 0 atom stereocenters. The van der Waals surface area contributed by atoms with Crippen molar-refractivity contribution in [2.24, 2.45) is 0 Å². The van der Waals surface area contributed by atoms with Crippen molar-refractivity contribution in [1.29, 1.82) is 0 Å². The number of hydrogen-bond donors (Lipinski definition) is 1. The highest BCUT2D eigenvalue weighted by atomic mass is 32.1. The highest BCUT2D eigenvalue weighted by molar-refractivity contribution is 7.13. The lowest BCUT2D eigenvalue weighted by atomic mass is 10.2. The highest BCUT2D eigenvalue weighted by Crippen LogP contribution is 2.33. The number of methoxy groups -OCH3 is 1. The summed E-state index contributed by atoms with van der Waals surface area (Å²) < 4.78 is 7.42. The summed E-state index contributed by atoms with van der Waals surface area (Å²) in [7, 11) is 1.68. The Labute approximate surface area is 144 Å². The predicted octanol–water partition coefficient (Wildman–Crippen LogP) is 4.68. The fraction of sp³-hybridized carbons (Fsp3) is 0.105. The molecule has 1 N–H and O–H groups in total. The maximum atomic E-state index is 5.37. The number of anilines is 1. The van der Waals surface area contributed by atoms with Crippen molar-refractivity contribution in [2.75, 3.05) is 12.4 Å². The van der Waals surface area contributed by atoms with Crippen molar-refractivity contribution in [3.63, 3.8) is 0 Å². The van der Waals surface area contributed by atoms with Crippen LogP contribution in [0.4, 0.5) is 5.82 Å². The summed E-state index contributed by atoms with van der Waals surface area (Å²) in [5, 5.41) is 5.61. The number of aromatic nitrogens is 2. The number of pyridine rings is 1. The van der Waals surface area contributed by atoms with Crippen LogP contribution in [0.2, 0.25) is 0 Å². The molecule has 0 radical (unpaired) electrons. The van der Waals surface area contributed by atoms with Gasteiger partial charge in [0.25, 0.3) is 0 Å². The van der Waals surface area contributed by atoms with Gasteiger partial charge in [0.05, 0.1) is 18.2 Å². The maximum absolute atomic E-state index is 5.37. The average Bonchev–Trinajstić information content (AvgIpc) is 3.28. The Balaban J connectivity index is 1.79. The topological polar surface area (TPSA) is 38.6 Å². The minimum atomic E-state index is 0.740. The standard InChI is InChI=1S/C19H17N3OS/c1-23-15-9-10-17-21-18(16-8-5-11-24-16)19(22(17)13-15)20-12-14-6-3-2-4-7-14/h2-11,13,20H,12H2,1H3. The molecule has 4 nitrogen and oxygen atoms in total. The number of thiophene rings is 1. The van der Waals surface area contributed by atoms with Gasteiger partial charge in [0.2, 0.25) is 0 Å².